The lowest BCUT2D eigenvalue weighted by molar-refractivity contribution is -0.143. The predicted molar refractivity (Wildman–Crippen MR) is 93.3 cm³/mol. The highest BCUT2D eigenvalue weighted by Crippen LogP contribution is 2.21. The van der Waals surface area contributed by atoms with E-state index < -0.39 is 6.04 Å². The van der Waals surface area contributed by atoms with Crippen LogP contribution in [0.1, 0.15) is 17.5 Å². The Balaban J connectivity index is 1.66. The summed E-state index contributed by atoms with van der Waals surface area (Å²) in [6.07, 6.45) is 0.0325. The minimum atomic E-state index is -0.792. The van der Waals surface area contributed by atoms with Gasteiger partial charge in [0.25, 0.3) is 5.91 Å². The molecule has 6 heteroatoms. The number of imide groups is 1. The summed E-state index contributed by atoms with van der Waals surface area (Å²) in [6.45, 7) is 0.203. The number of nitrogens with zero attached hydrogens (tertiary/aromatic N) is 2. The number of carbonyl (C=O) groups is 3. The monoisotopic (exact) mass is 354 g/mol. The van der Waals surface area contributed by atoms with Gasteiger partial charge in [-0.25, -0.2) is 4.39 Å². The van der Waals surface area contributed by atoms with E-state index in [1.807, 2.05) is 30.3 Å². The molecule has 0 aromatic heterocycles. The zero-order chi connectivity index (χ0) is 18.7. The van der Waals surface area contributed by atoms with Crippen molar-refractivity contribution in [3.8, 4) is 0 Å². The van der Waals surface area contributed by atoms with E-state index in [0.717, 1.165) is 5.56 Å². The molecule has 3 amide bonds. The Hall–Kier alpha value is -3.02. The van der Waals surface area contributed by atoms with E-state index >= 15 is 0 Å². The lowest BCUT2D eigenvalue weighted by atomic mass is 10.1. The van der Waals surface area contributed by atoms with Gasteiger partial charge in [0.1, 0.15) is 11.9 Å². The number of hydrogen-bond donors (Lipinski definition) is 0. The van der Waals surface area contributed by atoms with Crippen molar-refractivity contribution in [3.63, 3.8) is 0 Å². The second kappa shape index (κ2) is 7.47. The summed E-state index contributed by atoms with van der Waals surface area (Å²) in [5.74, 6) is -1.31. The molecule has 0 radical (unpaired) electrons. The Morgan fingerprint density at radius 3 is 2.38 bits per heavy atom. The largest absolute Gasteiger partial charge is 0.333 e. The van der Waals surface area contributed by atoms with Gasteiger partial charge >= 0.3 is 0 Å². The molecule has 26 heavy (non-hydrogen) atoms. The van der Waals surface area contributed by atoms with E-state index in [1.165, 1.54) is 41.1 Å². The van der Waals surface area contributed by atoms with Gasteiger partial charge < -0.3 is 4.90 Å². The Morgan fingerprint density at radius 2 is 1.73 bits per heavy atom. The topological polar surface area (TPSA) is 57.7 Å². The van der Waals surface area contributed by atoms with Crippen LogP contribution in [0.4, 0.5) is 4.39 Å². The lowest BCUT2D eigenvalue weighted by Crippen LogP contribution is -2.43. The molecule has 1 saturated heterocycles. The highest BCUT2D eigenvalue weighted by Gasteiger charge is 2.42. The summed E-state index contributed by atoms with van der Waals surface area (Å²) in [5, 5.41) is 0. The van der Waals surface area contributed by atoms with Crippen LogP contribution in [0.25, 0.3) is 0 Å². The third-order valence-corrected chi connectivity index (χ3v) is 4.53. The van der Waals surface area contributed by atoms with E-state index in [9.17, 15) is 18.8 Å². The van der Waals surface area contributed by atoms with Crippen LogP contribution < -0.4 is 0 Å². The number of likely N-dealkylation sites (tertiary alicyclic amines) is 1. The zero-order valence-corrected chi connectivity index (χ0v) is 14.4. The first-order valence-corrected chi connectivity index (χ1v) is 8.34. The second-order valence-corrected chi connectivity index (χ2v) is 6.33. The van der Waals surface area contributed by atoms with Gasteiger partial charge in [-0.3, -0.25) is 19.3 Å². The van der Waals surface area contributed by atoms with E-state index in [0.29, 0.717) is 5.56 Å². The normalized spacial score (nSPS) is 16.8. The molecular formula is C20H19FN2O3. The van der Waals surface area contributed by atoms with Crippen molar-refractivity contribution in [3.05, 3.63) is 71.5 Å². The van der Waals surface area contributed by atoms with Crippen molar-refractivity contribution >= 4 is 17.7 Å². The van der Waals surface area contributed by atoms with Crippen LogP contribution in [-0.2, 0) is 27.3 Å². The maximum Gasteiger partial charge on any atom is 0.252 e. The van der Waals surface area contributed by atoms with Crippen molar-refractivity contribution in [1.82, 2.24) is 9.80 Å². The fourth-order valence-electron chi connectivity index (χ4n) is 2.98. The minimum Gasteiger partial charge on any atom is -0.333 e. The Morgan fingerprint density at radius 1 is 1.08 bits per heavy atom. The lowest BCUT2D eigenvalue weighted by Gasteiger charge is -2.23. The first-order chi connectivity index (χ1) is 12.5. The SMILES string of the molecule is CN(C(=O)Cc1ccc(F)cc1)[C@@H]1CC(=O)N(Cc2ccccc2)C1=O. The van der Waals surface area contributed by atoms with Gasteiger partial charge in [0.05, 0.1) is 19.4 Å². The quantitative estimate of drug-likeness (QED) is 0.773. The number of benzene rings is 2. The van der Waals surface area contributed by atoms with Crippen LogP contribution in [0.15, 0.2) is 54.6 Å². The van der Waals surface area contributed by atoms with Crippen LogP contribution >= 0.6 is 0 Å². The van der Waals surface area contributed by atoms with E-state index in [4.69, 9.17) is 0 Å². The van der Waals surface area contributed by atoms with Crippen molar-refractivity contribution < 1.29 is 18.8 Å². The summed E-state index contributed by atoms with van der Waals surface area (Å²) in [5.41, 5.74) is 1.51. The first-order valence-electron chi connectivity index (χ1n) is 8.34. The predicted octanol–water partition coefficient (Wildman–Crippen LogP) is 2.15. The van der Waals surface area contributed by atoms with Gasteiger partial charge in [-0.1, -0.05) is 42.5 Å². The van der Waals surface area contributed by atoms with Gasteiger partial charge in [0, 0.05) is 7.05 Å². The summed E-state index contributed by atoms with van der Waals surface area (Å²) < 4.78 is 13.0. The highest BCUT2D eigenvalue weighted by atomic mass is 19.1. The maximum atomic E-state index is 13.0. The molecule has 1 fully saturated rings. The van der Waals surface area contributed by atoms with E-state index in [-0.39, 0.29) is 42.9 Å². The average Bonchev–Trinajstić information content (AvgIpc) is 2.92. The van der Waals surface area contributed by atoms with Crippen LogP contribution in [-0.4, -0.2) is 40.6 Å². The summed E-state index contributed by atoms with van der Waals surface area (Å²) in [7, 11) is 1.52. The van der Waals surface area contributed by atoms with Crippen molar-refractivity contribution in [2.24, 2.45) is 0 Å². The number of carbonyl (C=O) groups excluding carboxylic acids is 3. The van der Waals surface area contributed by atoms with Crippen LogP contribution in [0, 0.1) is 5.82 Å². The summed E-state index contributed by atoms with van der Waals surface area (Å²) in [4.78, 5) is 39.8. The molecule has 1 aliphatic rings. The van der Waals surface area contributed by atoms with Gasteiger partial charge in [-0.15, -0.1) is 0 Å². The molecule has 0 bridgehead atoms. The molecule has 0 unspecified atom stereocenters. The van der Waals surface area contributed by atoms with Crippen LogP contribution in [0.5, 0.6) is 0 Å². The molecule has 2 aromatic carbocycles. The Kier molecular flexibility index (Phi) is 5.11. The number of hydrogen-bond acceptors (Lipinski definition) is 3. The third-order valence-electron chi connectivity index (χ3n) is 4.53. The molecule has 2 aromatic rings. The minimum absolute atomic E-state index is 0.0165. The maximum absolute atomic E-state index is 13.0. The molecular weight excluding hydrogens is 335 g/mol. The van der Waals surface area contributed by atoms with Crippen molar-refractivity contribution in [2.45, 2.75) is 25.4 Å². The molecule has 3 rings (SSSR count). The fourth-order valence-corrected chi connectivity index (χ4v) is 2.98. The number of likely N-dealkylation sites (N-methyl/N-ethyl adjacent to an activating group) is 1. The van der Waals surface area contributed by atoms with Gasteiger partial charge in [-0.2, -0.15) is 0 Å². The van der Waals surface area contributed by atoms with Crippen molar-refractivity contribution in [2.75, 3.05) is 7.05 Å². The van der Waals surface area contributed by atoms with Gasteiger partial charge in [0.2, 0.25) is 11.8 Å². The molecule has 1 atom stereocenters. The van der Waals surface area contributed by atoms with Crippen LogP contribution in [0.3, 0.4) is 0 Å². The molecule has 0 N–H and O–H groups in total. The standard InChI is InChI=1S/C20H19FN2O3/c1-22(18(24)11-14-7-9-16(21)10-8-14)17-12-19(25)23(20(17)26)13-15-5-3-2-4-6-15/h2-10,17H,11-13H2,1H3/t17-/m1/s1. The fraction of sp³-hybridized carbons (Fsp3) is 0.250. The molecule has 5 nitrogen and oxygen atoms in total. The van der Waals surface area contributed by atoms with Gasteiger partial charge in [-0.05, 0) is 23.3 Å². The average molecular weight is 354 g/mol. The van der Waals surface area contributed by atoms with Crippen molar-refractivity contribution in [1.29, 1.82) is 0 Å². The van der Waals surface area contributed by atoms with Gasteiger partial charge in [0.15, 0.2) is 0 Å². The number of rotatable bonds is 5. The van der Waals surface area contributed by atoms with Crippen LogP contribution in [0.2, 0.25) is 0 Å². The Labute approximate surface area is 151 Å². The summed E-state index contributed by atoms with van der Waals surface area (Å²) >= 11 is 0. The number of halogens is 1. The number of amides is 3. The molecule has 1 heterocycles. The van der Waals surface area contributed by atoms with E-state index in [2.05, 4.69) is 0 Å². The van der Waals surface area contributed by atoms with E-state index in [1.54, 1.807) is 0 Å². The molecule has 1 aliphatic heterocycles. The third kappa shape index (κ3) is 3.79. The molecule has 0 aliphatic carbocycles. The Bertz CT molecular complexity index is 821. The first kappa shape index (κ1) is 17.8. The smallest absolute Gasteiger partial charge is 0.252 e. The highest BCUT2D eigenvalue weighted by molar-refractivity contribution is 6.06. The molecule has 134 valence electrons. The zero-order valence-electron chi connectivity index (χ0n) is 14.4. The second-order valence-electron chi connectivity index (χ2n) is 6.33. The molecule has 0 spiro atoms. The molecule has 0 saturated carbocycles. The summed E-state index contributed by atoms with van der Waals surface area (Å²) in [6, 6.07) is 14.1.